The maximum Gasteiger partial charge on any atom is 0.188 e. The first-order valence-electron chi connectivity index (χ1n) is 7.81. The minimum absolute atomic E-state index is 0. The summed E-state index contributed by atoms with van der Waals surface area (Å²) in [5.41, 5.74) is 7.17. The fourth-order valence-corrected chi connectivity index (χ4v) is 2.27. The highest BCUT2D eigenvalue weighted by atomic mass is 127. The van der Waals surface area contributed by atoms with E-state index >= 15 is 0 Å². The zero-order valence-corrected chi connectivity index (χ0v) is 15.9. The van der Waals surface area contributed by atoms with Gasteiger partial charge in [-0.1, -0.05) is 30.3 Å². The molecule has 0 fully saturated rings. The third kappa shape index (κ3) is 7.49. The molecular formula is C17H26IN5. The smallest absolute Gasteiger partial charge is 0.188 e. The van der Waals surface area contributed by atoms with Crippen LogP contribution in [0.1, 0.15) is 24.2 Å². The molecular weight excluding hydrogens is 401 g/mol. The molecule has 2 rings (SSSR count). The van der Waals surface area contributed by atoms with Gasteiger partial charge in [0.25, 0.3) is 0 Å². The fourth-order valence-electron chi connectivity index (χ4n) is 2.27. The fraction of sp³-hybridized carbons (Fsp3) is 0.412. The van der Waals surface area contributed by atoms with Crippen LogP contribution in [0.3, 0.4) is 0 Å². The Hall–Kier alpha value is -1.57. The first-order valence-corrected chi connectivity index (χ1v) is 7.81. The van der Waals surface area contributed by atoms with Crippen molar-refractivity contribution in [2.75, 3.05) is 13.1 Å². The van der Waals surface area contributed by atoms with E-state index in [2.05, 4.69) is 44.1 Å². The predicted octanol–water partition coefficient (Wildman–Crippen LogP) is 2.74. The van der Waals surface area contributed by atoms with Crippen LogP contribution in [0.25, 0.3) is 0 Å². The minimum Gasteiger partial charge on any atom is -0.370 e. The summed E-state index contributed by atoms with van der Waals surface area (Å²) in [7, 11) is 0. The van der Waals surface area contributed by atoms with Crippen LogP contribution in [-0.4, -0.2) is 28.6 Å². The number of nitrogens with one attached hydrogen (secondary N) is 1. The van der Waals surface area contributed by atoms with E-state index in [1.54, 1.807) is 0 Å². The number of nitrogens with zero attached hydrogens (tertiary/aromatic N) is 3. The lowest BCUT2D eigenvalue weighted by atomic mass is 10.1. The quantitative estimate of drug-likeness (QED) is 0.295. The van der Waals surface area contributed by atoms with Gasteiger partial charge in [0.15, 0.2) is 5.96 Å². The van der Waals surface area contributed by atoms with E-state index < -0.39 is 0 Å². The molecule has 0 aliphatic heterocycles. The molecule has 6 heteroatoms. The number of hydrogen-bond acceptors (Lipinski definition) is 2. The van der Waals surface area contributed by atoms with Crippen molar-refractivity contribution in [2.45, 2.75) is 32.7 Å². The summed E-state index contributed by atoms with van der Waals surface area (Å²) in [5.74, 6) is 1.60. The van der Waals surface area contributed by atoms with Crippen LogP contribution in [0.4, 0.5) is 0 Å². The van der Waals surface area contributed by atoms with Crippen molar-refractivity contribution in [1.29, 1.82) is 0 Å². The van der Waals surface area contributed by atoms with E-state index in [0.717, 1.165) is 44.7 Å². The van der Waals surface area contributed by atoms with E-state index in [9.17, 15) is 0 Å². The molecule has 23 heavy (non-hydrogen) atoms. The maximum atomic E-state index is 5.86. The molecule has 1 aromatic carbocycles. The van der Waals surface area contributed by atoms with Crippen LogP contribution in [0.15, 0.2) is 47.7 Å². The molecule has 0 saturated heterocycles. The summed E-state index contributed by atoms with van der Waals surface area (Å²) in [6.07, 6.45) is 6.91. The molecule has 0 aliphatic carbocycles. The number of hydrogen-bond donors (Lipinski definition) is 2. The average Bonchev–Trinajstić information content (AvgIpc) is 2.93. The van der Waals surface area contributed by atoms with Crippen LogP contribution in [0.5, 0.6) is 0 Å². The Bertz CT molecular complexity index is 580. The Kier molecular flexibility index (Phi) is 9.35. The van der Waals surface area contributed by atoms with Gasteiger partial charge in [-0.05, 0) is 31.7 Å². The second-order valence-electron chi connectivity index (χ2n) is 5.30. The van der Waals surface area contributed by atoms with Crippen molar-refractivity contribution in [2.24, 2.45) is 10.7 Å². The summed E-state index contributed by atoms with van der Waals surface area (Å²) < 4.78 is 2.16. The average molecular weight is 427 g/mol. The summed E-state index contributed by atoms with van der Waals surface area (Å²) in [6.45, 7) is 4.58. The Morgan fingerprint density at radius 3 is 2.74 bits per heavy atom. The molecule has 0 aliphatic rings. The standard InChI is InChI=1S/C17H25N5.HI/c1-15-19-12-14-22(15)13-6-5-10-20-17(18)21-11-9-16-7-3-2-4-8-16;/h2-4,7-8,12,14H,5-6,9-11,13H2,1H3,(H3,18,20,21);1H. The summed E-state index contributed by atoms with van der Waals surface area (Å²) in [6, 6.07) is 10.4. The van der Waals surface area contributed by atoms with Gasteiger partial charge in [-0.2, -0.15) is 0 Å². The topological polar surface area (TPSA) is 68.2 Å². The van der Waals surface area contributed by atoms with E-state index in [0.29, 0.717) is 5.96 Å². The van der Waals surface area contributed by atoms with Crippen molar-refractivity contribution < 1.29 is 0 Å². The molecule has 0 spiro atoms. The van der Waals surface area contributed by atoms with Crippen LogP contribution in [0.2, 0.25) is 0 Å². The lowest BCUT2D eigenvalue weighted by Gasteiger charge is -2.06. The number of guanidine groups is 1. The second kappa shape index (κ2) is 11.0. The number of aryl methyl sites for hydroxylation is 2. The number of unbranched alkanes of at least 4 members (excludes halogenated alkanes) is 1. The molecule has 5 nitrogen and oxygen atoms in total. The van der Waals surface area contributed by atoms with Crippen LogP contribution in [-0.2, 0) is 13.0 Å². The van der Waals surface area contributed by atoms with Crippen molar-refractivity contribution in [3.05, 3.63) is 54.1 Å². The Morgan fingerprint density at radius 1 is 1.26 bits per heavy atom. The van der Waals surface area contributed by atoms with E-state index in [1.807, 2.05) is 25.4 Å². The van der Waals surface area contributed by atoms with Crippen LogP contribution >= 0.6 is 24.0 Å². The predicted molar refractivity (Wildman–Crippen MR) is 106 cm³/mol. The Balaban J connectivity index is 0.00000264. The molecule has 0 amide bonds. The van der Waals surface area contributed by atoms with Crippen molar-refractivity contribution >= 4 is 29.9 Å². The number of rotatable bonds is 8. The molecule has 0 saturated carbocycles. The third-order valence-electron chi connectivity index (χ3n) is 3.58. The van der Waals surface area contributed by atoms with E-state index in [4.69, 9.17) is 5.73 Å². The Labute approximate surface area is 155 Å². The summed E-state index contributed by atoms with van der Waals surface area (Å²) in [4.78, 5) is 8.56. The number of imidazole rings is 1. The van der Waals surface area contributed by atoms with Gasteiger partial charge in [0, 0.05) is 32.0 Å². The molecule has 0 unspecified atom stereocenters. The summed E-state index contributed by atoms with van der Waals surface area (Å²) in [5, 5.41) is 3.16. The lowest BCUT2D eigenvalue weighted by Crippen LogP contribution is -2.33. The molecule has 1 aromatic heterocycles. The molecule has 0 radical (unpaired) electrons. The van der Waals surface area contributed by atoms with Crippen molar-refractivity contribution in [3.63, 3.8) is 0 Å². The third-order valence-corrected chi connectivity index (χ3v) is 3.58. The summed E-state index contributed by atoms with van der Waals surface area (Å²) >= 11 is 0. The SMILES string of the molecule is Cc1nccn1CCCCN=C(N)NCCc1ccccc1.I. The van der Waals surface area contributed by atoms with Crippen molar-refractivity contribution in [1.82, 2.24) is 14.9 Å². The van der Waals surface area contributed by atoms with Gasteiger partial charge >= 0.3 is 0 Å². The zero-order chi connectivity index (χ0) is 15.6. The first kappa shape index (κ1) is 19.5. The van der Waals surface area contributed by atoms with Gasteiger partial charge in [-0.15, -0.1) is 24.0 Å². The normalized spacial score (nSPS) is 11.1. The van der Waals surface area contributed by atoms with Gasteiger partial charge in [0.1, 0.15) is 5.82 Å². The highest BCUT2D eigenvalue weighted by Gasteiger charge is 1.97. The number of halogens is 1. The van der Waals surface area contributed by atoms with Gasteiger partial charge in [-0.3, -0.25) is 4.99 Å². The number of nitrogens with two attached hydrogens (primary N) is 1. The van der Waals surface area contributed by atoms with E-state index in [-0.39, 0.29) is 24.0 Å². The van der Waals surface area contributed by atoms with Gasteiger partial charge in [-0.25, -0.2) is 4.98 Å². The molecule has 2 aromatic rings. The molecule has 0 bridgehead atoms. The number of benzene rings is 1. The number of aliphatic imine (C=N–C) groups is 1. The maximum absolute atomic E-state index is 5.86. The minimum atomic E-state index is 0. The zero-order valence-electron chi connectivity index (χ0n) is 13.6. The molecule has 1 heterocycles. The monoisotopic (exact) mass is 427 g/mol. The van der Waals surface area contributed by atoms with Gasteiger partial charge in [0.05, 0.1) is 0 Å². The first-order chi connectivity index (χ1) is 10.8. The van der Waals surface area contributed by atoms with E-state index in [1.165, 1.54) is 5.56 Å². The van der Waals surface area contributed by atoms with Crippen LogP contribution < -0.4 is 11.1 Å². The van der Waals surface area contributed by atoms with Gasteiger partial charge in [0.2, 0.25) is 0 Å². The van der Waals surface area contributed by atoms with Gasteiger partial charge < -0.3 is 15.6 Å². The van der Waals surface area contributed by atoms with Crippen LogP contribution in [0, 0.1) is 6.92 Å². The Morgan fingerprint density at radius 2 is 2.04 bits per heavy atom. The molecule has 126 valence electrons. The molecule has 3 N–H and O–H groups in total. The lowest BCUT2D eigenvalue weighted by molar-refractivity contribution is 0.601. The highest BCUT2D eigenvalue weighted by molar-refractivity contribution is 14.0. The second-order valence-corrected chi connectivity index (χ2v) is 5.30. The largest absolute Gasteiger partial charge is 0.370 e. The molecule has 0 atom stereocenters. The number of aromatic nitrogens is 2. The highest BCUT2D eigenvalue weighted by Crippen LogP contribution is 2.00. The van der Waals surface area contributed by atoms with Crippen molar-refractivity contribution in [3.8, 4) is 0 Å².